The van der Waals surface area contributed by atoms with Crippen molar-refractivity contribution in [3.8, 4) is 0 Å². The molecule has 1 heterocycles. The first-order valence-corrected chi connectivity index (χ1v) is 3.31. The van der Waals surface area contributed by atoms with E-state index in [1.807, 2.05) is 24.3 Å². The van der Waals surface area contributed by atoms with E-state index in [-0.39, 0.29) is 0 Å². The summed E-state index contributed by atoms with van der Waals surface area (Å²) in [5, 5.41) is 3.82. The zero-order valence-electron chi connectivity index (χ0n) is 5.74. The van der Waals surface area contributed by atoms with E-state index in [0.29, 0.717) is 5.82 Å². The van der Waals surface area contributed by atoms with Crippen LogP contribution in [0.25, 0.3) is 10.9 Å². The van der Waals surface area contributed by atoms with Crippen LogP contribution in [0.2, 0.25) is 0 Å². The minimum absolute atomic E-state index is 0.381. The number of hydrogen-bond donors (Lipinski definition) is 1. The molecule has 0 spiro atoms. The molecule has 1 aromatic heterocycles. The third kappa shape index (κ3) is 0.902. The van der Waals surface area contributed by atoms with Gasteiger partial charge in [0.1, 0.15) is 0 Å². The highest BCUT2D eigenvalue weighted by Crippen LogP contribution is 2.19. The van der Waals surface area contributed by atoms with Crippen molar-refractivity contribution in [1.29, 1.82) is 0 Å². The molecule has 0 bridgehead atoms. The van der Waals surface area contributed by atoms with Gasteiger partial charge < -0.3 is 4.98 Å². The number of aromatic nitrogens is 1. The Morgan fingerprint density at radius 2 is 2.09 bits per heavy atom. The standard InChI is InChI=1S/C8H6N2O/c11-10-8-5-6-3-1-2-4-7(6)9-8/h1-5,9H. The number of nitroso groups, excluding NO2 is 1. The summed E-state index contributed by atoms with van der Waals surface area (Å²) in [5.41, 5.74) is 0.946. The predicted octanol–water partition coefficient (Wildman–Crippen LogP) is 2.57. The average Bonchev–Trinajstić information content (AvgIpc) is 2.46. The van der Waals surface area contributed by atoms with Crippen LogP contribution in [0.15, 0.2) is 35.5 Å². The number of nitrogens with zero attached hydrogens (tertiary/aromatic N) is 1. The first-order valence-electron chi connectivity index (χ1n) is 3.31. The molecular formula is C8H6N2O. The lowest BCUT2D eigenvalue weighted by atomic mass is 10.3. The van der Waals surface area contributed by atoms with Gasteiger partial charge in [0.05, 0.1) is 0 Å². The predicted molar refractivity (Wildman–Crippen MR) is 43.8 cm³/mol. The molecule has 0 amide bonds. The molecule has 0 saturated heterocycles. The first kappa shape index (κ1) is 6.09. The van der Waals surface area contributed by atoms with Gasteiger partial charge in [-0.15, -0.1) is 4.91 Å². The molecule has 2 rings (SSSR count). The number of nitrogens with one attached hydrogen (secondary N) is 1. The van der Waals surface area contributed by atoms with Crippen molar-refractivity contribution in [3.05, 3.63) is 35.2 Å². The molecule has 11 heavy (non-hydrogen) atoms. The maximum atomic E-state index is 10.1. The third-order valence-electron chi connectivity index (χ3n) is 1.61. The molecule has 0 saturated carbocycles. The molecule has 54 valence electrons. The number of benzene rings is 1. The molecular weight excluding hydrogens is 140 g/mol. The Kier molecular flexibility index (Phi) is 1.22. The zero-order chi connectivity index (χ0) is 7.68. The molecule has 0 aliphatic heterocycles. The van der Waals surface area contributed by atoms with Crippen molar-refractivity contribution in [3.63, 3.8) is 0 Å². The second-order valence-electron chi connectivity index (χ2n) is 2.33. The summed E-state index contributed by atoms with van der Waals surface area (Å²) >= 11 is 0. The number of hydrogen-bond acceptors (Lipinski definition) is 2. The Balaban J connectivity index is 2.78. The zero-order valence-corrected chi connectivity index (χ0v) is 5.74. The fourth-order valence-electron chi connectivity index (χ4n) is 1.11. The van der Waals surface area contributed by atoms with Gasteiger partial charge in [0.15, 0.2) is 5.82 Å². The van der Waals surface area contributed by atoms with Crippen molar-refractivity contribution >= 4 is 16.7 Å². The van der Waals surface area contributed by atoms with Crippen LogP contribution in [0, 0.1) is 4.91 Å². The van der Waals surface area contributed by atoms with Crippen molar-refractivity contribution in [2.24, 2.45) is 5.18 Å². The second-order valence-corrected chi connectivity index (χ2v) is 2.33. The van der Waals surface area contributed by atoms with Gasteiger partial charge in [-0.1, -0.05) is 18.2 Å². The molecule has 0 unspecified atom stereocenters. The highest BCUT2D eigenvalue weighted by molar-refractivity contribution is 5.82. The van der Waals surface area contributed by atoms with Gasteiger partial charge in [-0.25, -0.2) is 0 Å². The summed E-state index contributed by atoms with van der Waals surface area (Å²) in [6, 6.07) is 9.39. The number of fused-ring (bicyclic) bond motifs is 1. The van der Waals surface area contributed by atoms with Crippen molar-refractivity contribution < 1.29 is 0 Å². The van der Waals surface area contributed by atoms with Crippen LogP contribution in [-0.4, -0.2) is 4.98 Å². The van der Waals surface area contributed by atoms with Crippen LogP contribution >= 0.6 is 0 Å². The number of aromatic amines is 1. The molecule has 1 N–H and O–H groups in total. The molecule has 0 atom stereocenters. The van der Waals surface area contributed by atoms with E-state index in [0.717, 1.165) is 10.9 Å². The van der Waals surface area contributed by atoms with Gasteiger partial charge in [0.25, 0.3) is 0 Å². The largest absolute Gasteiger partial charge is 0.337 e. The van der Waals surface area contributed by atoms with E-state index in [1.165, 1.54) is 0 Å². The third-order valence-corrected chi connectivity index (χ3v) is 1.61. The second kappa shape index (κ2) is 2.20. The normalized spacial score (nSPS) is 10.2. The van der Waals surface area contributed by atoms with Gasteiger partial charge in [-0.05, 0) is 17.3 Å². The summed E-state index contributed by atoms with van der Waals surface area (Å²) in [6.07, 6.45) is 0. The molecule has 0 fully saturated rings. The van der Waals surface area contributed by atoms with Crippen LogP contribution < -0.4 is 0 Å². The molecule has 1 aromatic carbocycles. The number of rotatable bonds is 1. The summed E-state index contributed by atoms with van der Waals surface area (Å²) in [5.74, 6) is 0.381. The maximum Gasteiger partial charge on any atom is 0.175 e. The summed E-state index contributed by atoms with van der Waals surface area (Å²) in [7, 11) is 0. The summed E-state index contributed by atoms with van der Waals surface area (Å²) < 4.78 is 0. The number of H-pyrrole nitrogens is 1. The fraction of sp³-hybridized carbons (Fsp3) is 0. The van der Waals surface area contributed by atoms with Crippen molar-refractivity contribution in [2.45, 2.75) is 0 Å². The average molecular weight is 146 g/mol. The monoisotopic (exact) mass is 146 g/mol. The molecule has 0 radical (unpaired) electrons. The van der Waals surface area contributed by atoms with E-state index in [9.17, 15) is 4.91 Å². The van der Waals surface area contributed by atoms with E-state index < -0.39 is 0 Å². The summed E-state index contributed by atoms with van der Waals surface area (Å²) in [6.45, 7) is 0. The Bertz CT molecular complexity index is 359. The Morgan fingerprint density at radius 1 is 1.27 bits per heavy atom. The minimum Gasteiger partial charge on any atom is -0.337 e. The smallest absolute Gasteiger partial charge is 0.175 e. The first-order chi connectivity index (χ1) is 5.40. The lowest BCUT2D eigenvalue weighted by Gasteiger charge is -1.83. The summed E-state index contributed by atoms with van der Waals surface area (Å²) in [4.78, 5) is 13.0. The van der Waals surface area contributed by atoms with Crippen molar-refractivity contribution in [2.75, 3.05) is 0 Å². The topological polar surface area (TPSA) is 45.2 Å². The lowest BCUT2D eigenvalue weighted by molar-refractivity contribution is 1.36. The quantitative estimate of drug-likeness (QED) is 0.617. The maximum absolute atomic E-state index is 10.1. The van der Waals surface area contributed by atoms with E-state index in [4.69, 9.17) is 0 Å². The van der Waals surface area contributed by atoms with Gasteiger partial charge >= 0.3 is 0 Å². The lowest BCUT2D eigenvalue weighted by Crippen LogP contribution is -1.62. The Morgan fingerprint density at radius 3 is 2.82 bits per heavy atom. The van der Waals surface area contributed by atoms with Gasteiger partial charge in [0, 0.05) is 10.9 Å². The van der Waals surface area contributed by atoms with E-state index >= 15 is 0 Å². The fourth-order valence-corrected chi connectivity index (χ4v) is 1.11. The minimum atomic E-state index is 0.381. The van der Waals surface area contributed by atoms with Gasteiger partial charge in [-0.2, -0.15) is 0 Å². The van der Waals surface area contributed by atoms with Crippen LogP contribution in [-0.2, 0) is 0 Å². The molecule has 3 heteroatoms. The van der Waals surface area contributed by atoms with Crippen molar-refractivity contribution in [1.82, 2.24) is 4.98 Å². The Hall–Kier alpha value is -1.64. The van der Waals surface area contributed by atoms with Crippen LogP contribution in [0.3, 0.4) is 0 Å². The van der Waals surface area contributed by atoms with Crippen LogP contribution in [0.4, 0.5) is 5.82 Å². The molecule has 2 aromatic rings. The van der Waals surface area contributed by atoms with E-state index in [1.54, 1.807) is 6.07 Å². The van der Waals surface area contributed by atoms with Crippen LogP contribution in [0.5, 0.6) is 0 Å². The highest BCUT2D eigenvalue weighted by atomic mass is 16.3. The molecule has 0 aliphatic rings. The molecule has 3 nitrogen and oxygen atoms in total. The van der Waals surface area contributed by atoms with E-state index in [2.05, 4.69) is 10.2 Å². The van der Waals surface area contributed by atoms with Crippen LogP contribution in [0.1, 0.15) is 0 Å². The number of para-hydroxylation sites is 1. The molecule has 0 aliphatic carbocycles. The SMILES string of the molecule is O=Nc1cc2ccccc2[nH]1. The van der Waals surface area contributed by atoms with Gasteiger partial charge in [0.2, 0.25) is 0 Å². The highest BCUT2D eigenvalue weighted by Gasteiger charge is 1.97. The van der Waals surface area contributed by atoms with Gasteiger partial charge in [-0.3, -0.25) is 0 Å². The Labute approximate surface area is 63.0 Å².